The number of ether oxygens (including phenoxy) is 1. The lowest BCUT2D eigenvalue weighted by molar-refractivity contribution is 0.00527. The van der Waals surface area contributed by atoms with Crippen LogP contribution in [0.1, 0.15) is 36.0 Å². The second-order valence-electron chi connectivity index (χ2n) is 4.90. The lowest BCUT2D eigenvalue weighted by Gasteiger charge is -2.30. The first-order chi connectivity index (χ1) is 8.93. The molecule has 1 fully saturated rings. The standard InChI is InChI=1S/C17H18O/c1-3-7-14(8-4-1)16-11-12-18-17(13-16)15-9-5-2-6-10-15/h1-10,16-17H,11-13H2/t16-,17+/m0/s1. The van der Waals surface area contributed by atoms with Gasteiger partial charge in [-0.05, 0) is 29.9 Å². The quantitative estimate of drug-likeness (QED) is 0.757. The van der Waals surface area contributed by atoms with E-state index < -0.39 is 0 Å². The van der Waals surface area contributed by atoms with E-state index >= 15 is 0 Å². The lowest BCUT2D eigenvalue weighted by Crippen LogP contribution is -2.18. The maximum absolute atomic E-state index is 5.92. The second-order valence-corrected chi connectivity index (χ2v) is 4.90. The summed E-state index contributed by atoms with van der Waals surface area (Å²) in [5.41, 5.74) is 2.75. The highest BCUT2D eigenvalue weighted by molar-refractivity contribution is 5.23. The van der Waals surface area contributed by atoms with Gasteiger partial charge in [0.2, 0.25) is 0 Å². The zero-order chi connectivity index (χ0) is 12.2. The van der Waals surface area contributed by atoms with Crippen molar-refractivity contribution in [3.63, 3.8) is 0 Å². The minimum atomic E-state index is 0.255. The zero-order valence-corrected chi connectivity index (χ0v) is 10.5. The summed E-state index contributed by atoms with van der Waals surface area (Å²) in [4.78, 5) is 0. The van der Waals surface area contributed by atoms with E-state index in [0.717, 1.165) is 19.4 Å². The van der Waals surface area contributed by atoms with Gasteiger partial charge in [0.1, 0.15) is 0 Å². The average molecular weight is 238 g/mol. The van der Waals surface area contributed by atoms with Gasteiger partial charge in [-0.3, -0.25) is 0 Å². The maximum Gasteiger partial charge on any atom is 0.0830 e. The van der Waals surface area contributed by atoms with Crippen molar-refractivity contribution in [1.29, 1.82) is 0 Å². The zero-order valence-electron chi connectivity index (χ0n) is 10.5. The molecule has 0 aromatic heterocycles. The number of hydrogen-bond donors (Lipinski definition) is 0. The van der Waals surface area contributed by atoms with Crippen LogP contribution in [0, 0.1) is 0 Å². The summed E-state index contributed by atoms with van der Waals surface area (Å²) < 4.78 is 5.92. The number of benzene rings is 2. The van der Waals surface area contributed by atoms with E-state index in [0.29, 0.717) is 5.92 Å². The van der Waals surface area contributed by atoms with Gasteiger partial charge in [-0.15, -0.1) is 0 Å². The molecule has 0 radical (unpaired) electrons. The predicted octanol–water partition coefficient (Wildman–Crippen LogP) is 4.32. The topological polar surface area (TPSA) is 9.23 Å². The molecule has 2 aromatic rings. The van der Waals surface area contributed by atoms with Crippen LogP contribution < -0.4 is 0 Å². The highest BCUT2D eigenvalue weighted by atomic mass is 16.5. The molecule has 18 heavy (non-hydrogen) atoms. The molecule has 1 nitrogen and oxygen atoms in total. The fourth-order valence-electron chi connectivity index (χ4n) is 2.72. The molecule has 0 bridgehead atoms. The average Bonchev–Trinajstić information content (AvgIpc) is 2.49. The Morgan fingerprint density at radius 3 is 2.06 bits per heavy atom. The van der Waals surface area contributed by atoms with Crippen molar-refractivity contribution in [2.75, 3.05) is 6.61 Å². The molecule has 0 N–H and O–H groups in total. The van der Waals surface area contributed by atoms with Crippen molar-refractivity contribution < 1.29 is 4.74 Å². The van der Waals surface area contributed by atoms with E-state index in [4.69, 9.17) is 4.74 Å². The Kier molecular flexibility index (Phi) is 3.42. The van der Waals surface area contributed by atoms with Gasteiger partial charge < -0.3 is 4.74 Å². The van der Waals surface area contributed by atoms with Crippen LogP contribution in [0.15, 0.2) is 60.7 Å². The van der Waals surface area contributed by atoms with Crippen molar-refractivity contribution in [3.8, 4) is 0 Å². The third kappa shape index (κ3) is 2.46. The molecule has 1 saturated heterocycles. The van der Waals surface area contributed by atoms with Crippen LogP contribution in [0.25, 0.3) is 0 Å². The molecule has 2 atom stereocenters. The van der Waals surface area contributed by atoms with Crippen LogP contribution in [0.2, 0.25) is 0 Å². The maximum atomic E-state index is 5.92. The van der Waals surface area contributed by atoms with Crippen molar-refractivity contribution in [3.05, 3.63) is 71.8 Å². The van der Waals surface area contributed by atoms with E-state index in [1.807, 2.05) is 0 Å². The third-order valence-corrected chi connectivity index (χ3v) is 3.73. The molecular weight excluding hydrogens is 220 g/mol. The minimum Gasteiger partial charge on any atom is -0.373 e. The first-order valence-corrected chi connectivity index (χ1v) is 6.65. The number of hydrogen-bond acceptors (Lipinski definition) is 1. The highest BCUT2D eigenvalue weighted by Gasteiger charge is 2.24. The lowest BCUT2D eigenvalue weighted by atomic mass is 9.86. The van der Waals surface area contributed by atoms with Gasteiger partial charge in [0.15, 0.2) is 0 Å². The van der Waals surface area contributed by atoms with Gasteiger partial charge in [-0.25, -0.2) is 0 Å². The van der Waals surface area contributed by atoms with Gasteiger partial charge in [-0.1, -0.05) is 60.7 Å². The summed E-state index contributed by atoms with van der Waals surface area (Å²) in [6.07, 6.45) is 2.48. The fourth-order valence-corrected chi connectivity index (χ4v) is 2.72. The second kappa shape index (κ2) is 5.36. The molecule has 1 heterocycles. The highest BCUT2D eigenvalue weighted by Crippen LogP contribution is 2.37. The molecule has 0 spiro atoms. The Morgan fingerprint density at radius 2 is 1.39 bits per heavy atom. The van der Waals surface area contributed by atoms with Crippen molar-refractivity contribution in [2.24, 2.45) is 0 Å². The summed E-state index contributed by atoms with van der Waals surface area (Å²) in [5.74, 6) is 0.630. The normalized spacial score (nSPS) is 23.8. The Hall–Kier alpha value is -1.60. The molecular formula is C17H18O. The molecule has 0 amide bonds. The monoisotopic (exact) mass is 238 g/mol. The summed E-state index contributed by atoms with van der Waals surface area (Å²) in [5, 5.41) is 0. The van der Waals surface area contributed by atoms with Crippen LogP contribution in [-0.4, -0.2) is 6.61 Å². The van der Waals surface area contributed by atoms with Crippen molar-refractivity contribution in [2.45, 2.75) is 24.9 Å². The first-order valence-electron chi connectivity index (χ1n) is 6.65. The Bertz CT molecular complexity index is 432. The Balaban J connectivity index is 1.77. The molecule has 1 aliphatic rings. The predicted molar refractivity (Wildman–Crippen MR) is 73.6 cm³/mol. The van der Waals surface area contributed by atoms with Crippen molar-refractivity contribution in [1.82, 2.24) is 0 Å². The first kappa shape index (κ1) is 11.5. The van der Waals surface area contributed by atoms with E-state index in [1.165, 1.54) is 11.1 Å². The minimum absolute atomic E-state index is 0.255. The van der Waals surface area contributed by atoms with Gasteiger partial charge in [0, 0.05) is 6.61 Å². The fraction of sp³-hybridized carbons (Fsp3) is 0.294. The van der Waals surface area contributed by atoms with E-state index in [1.54, 1.807) is 0 Å². The Morgan fingerprint density at radius 1 is 0.778 bits per heavy atom. The number of rotatable bonds is 2. The molecule has 3 rings (SSSR count). The van der Waals surface area contributed by atoms with Crippen LogP contribution in [0.4, 0.5) is 0 Å². The van der Waals surface area contributed by atoms with Crippen molar-refractivity contribution >= 4 is 0 Å². The molecule has 1 aliphatic heterocycles. The van der Waals surface area contributed by atoms with Crippen LogP contribution >= 0.6 is 0 Å². The largest absolute Gasteiger partial charge is 0.373 e. The molecule has 0 saturated carbocycles. The van der Waals surface area contributed by atoms with Crippen LogP contribution in [0.3, 0.4) is 0 Å². The van der Waals surface area contributed by atoms with Gasteiger partial charge >= 0.3 is 0 Å². The van der Waals surface area contributed by atoms with Crippen LogP contribution in [0.5, 0.6) is 0 Å². The van der Waals surface area contributed by atoms with Gasteiger partial charge in [-0.2, -0.15) is 0 Å². The van der Waals surface area contributed by atoms with Crippen LogP contribution in [-0.2, 0) is 4.74 Å². The molecule has 92 valence electrons. The third-order valence-electron chi connectivity index (χ3n) is 3.73. The van der Waals surface area contributed by atoms with E-state index in [-0.39, 0.29) is 6.10 Å². The summed E-state index contributed by atoms with van der Waals surface area (Å²) in [6.45, 7) is 0.860. The van der Waals surface area contributed by atoms with E-state index in [9.17, 15) is 0 Å². The molecule has 0 unspecified atom stereocenters. The van der Waals surface area contributed by atoms with Gasteiger partial charge in [0.05, 0.1) is 6.10 Å². The molecule has 2 aromatic carbocycles. The SMILES string of the molecule is c1ccc([C@H]2CCO[C@@H](c3ccccc3)C2)cc1. The summed E-state index contributed by atoms with van der Waals surface area (Å²) in [6, 6.07) is 21.4. The van der Waals surface area contributed by atoms with E-state index in [2.05, 4.69) is 60.7 Å². The summed E-state index contributed by atoms with van der Waals surface area (Å²) >= 11 is 0. The molecule has 0 aliphatic carbocycles. The van der Waals surface area contributed by atoms with Gasteiger partial charge in [0.25, 0.3) is 0 Å². The Labute approximate surface area is 108 Å². The molecule has 1 heteroatoms. The summed E-state index contributed by atoms with van der Waals surface area (Å²) in [7, 11) is 0. The smallest absolute Gasteiger partial charge is 0.0830 e.